The predicted octanol–water partition coefficient (Wildman–Crippen LogP) is 15.6. The summed E-state index contributed by atoms with van der Waals surface area (Å²) in [7, 11) is 0. The van der Waals surface area contributed by atoms with Gasteiger partial charge in [0.2, 0.25) is 0 Å². The maximum atomic E-state index is 5.43. The zero-order chi connectivity index (χ0) is 44.3. The predicted molar refractivity (Wildman–Crippen MR) is 273 cm³/mol. The van der Waals surface area contributed by atoms with E-state index < -0.39 is 5.41 Å². The molecule has 0 spiro atoms. The molecule has 2 aliphatic carbocycles. The van der Waals surface area contributed by atoms with E-state index in [2.05, 4.69) is 228 Å². The largest absolute Gasteiger partial charge is 0.208 e. The van der Waals surface area contributed by atoms with Gasteiger partial charge < -0.3 is 0 Å². The highest BCUT2D eigenvalue weighted by Crippen LogP contribution is 2.57. The molecular formula is C63H45N3. The lowest BCUT2D eigenvalue weighted by molar-refractivity contribution is 0.661. The van der Waals surface area contributed by atoms with Crippen molar-refractivity contribution in [2.75, 3.05) is 0 Å². The Morgan fingerprint density at radius 1 is 0.333 bits per heavy atom. The van der Waals surface area contributed by atoms with Gasteiger partial charge in [-0.3, -0.25) is 0 Å². The van der Waals surface area contributed by atoms with Crippen LogP contribution in [0.2, 0.25) is 0 Å². The van der Waals surface area contributed by atoms with Gasteiger partial charge in [-0.2, -0.15) is 0 Å². The van der Waals surface area contributed by atoms with Gasteiger partial charge in [-0.1, -0.05) is 196 Å². The Hall–Kier alpha value is -8.01. The molecule has 10 aromatic carbocycles. The highest BCUT2D eigenvalue weighted by atomic mass is 15.0. The van der Waals surface area contributed by atoms with Crippen molar-refractivity contribution < 1.29 is 0 Å². The van der Waals surface area contributed by atoms with Gasteiger partial charge in [-0.05, 0) is 131 Å². The normalized spacial score (nSPS) is 14.0. The Bertz CT molecular complexity index is 3770. The van der Waals surface area contributed by atoms with E-state index in [9.17, 15) is 0 Å². The van der Waals surface area contributed by atoms with Crippen LogP contribution in [0.5, 0.6) is 0 Å². The third kappa shape index (κ3) is 5.40. The average Bonchev–Trinajstić information content (AvgIpc) is 3.80. The van der Waals surface area contributed by atoms with Crippen molar-refractivity contribution in [1.82, 2.24) is 15.0 Å². The number of aromatic nitrogens is 3. The molecule has 0 N–H and O–H groups in total. The second-order valence-corrected chi connectivity index (χ2v) is 18.7. The lowest BCUT2D eigenvalue weighted by Gasteiger charge is -2.33. The van der Waals surface area contributed by atoms with Crippen LogP contribution in [0.15, 0.2) is 200 Å². The van der Waals surface area contributed by atoms with E-state index in [-0.39, 0.29) is 5.41 Å². The molecule has 3 nitrogen and oxygen atoms in total. The van der Waals surface area contributed by atoms with Crippen molar-refractivity contribution in [2.45, 2.75) is 38.5 Å². The van der Waals surface area contributed by atoms with Gasteiger partial charge in [0.25, 0.3) is 0 Å². The topological polar surface area (TPSA) is 38.7 Å². The van der Waals surface area contributed by atoms with E-state index in [4.69, 9.17) is 15.0 Å². The SMILES string of the molecule is Cc1c(C)c2cc(-c3nc(-c4ccc5c(c4)-c4c(ccc6ccccc46)C5(C)C)nc(-c4ccc5c(c4)-c4ccccc4C5(c4ccccc4)c4ccccc4)n3)ccc2c2ccccc12. The minimum Gasteiger partial charge on any atom is -0.208 e. The number of hydrogen-bond acceptors (Lipinski definition) is 3. The van der Waals surface area contributed by atoms with E-state index in [0.29, 0.717) is 17.5 Å². The second-order valence-electron chi connectivity index (χ2n) is 18.7. The molecule has 0 saturated heterocycles. The Balaban J connectivity index is 1.04. The third-order valence-corrected chi connectivity index (χ3v) is 15.0. The molecule has 0 saturated carbocycles. The first-order chi connectivity index (χ1) is 32.3. The molecule has 1 heterocycles. The van der Waals surface area contributed by atoms with Gasteiger partial charge in [-0.15, -0.1) is 0 Å². The first kappa shape index (κ1) is 38.4. The molecule has 0 radical (unpaired) electrons. The first-order valence-corrected chi connectivity index (χ1v) is 23.0. The van der Waals surface area contributed by atoms with Crippen molar-refractivity contribution in [1.29, 1.82) is 0 Å². The highest BCUT2D eigenvalue weighted by Gasteiger charge is 2.46. The number of benzene rings is 10. The van der Waals surface area contributed by atoms with Crippen LogP contribution in [-0.4, -0.2) is 15.0 Å². The minimum absolute atomic E-state index is 0.149. The fourth-order valence-corrected chi connectivity index (χ4v) is 11.7. The lowest BCUT2D eigenvalue weighted by atomic mass is 9.67. The number of hydrogen-bond donors (Lipinski definition) is 0. The maximum Gasteiger partial charge on any atom is 0.164 e. The van der Waals surface area contributed by atoms with Crippen LogP contribution in [-0.2, 0) is 10.8 Å². The Labute approximate surface area is 385 Å². The smallest absolute Gasteiger partial charge is 0.164 e. The summed E-state index contributed by atoms with van der Waals surface area (Å²) in [5, 5.41) is 7.50. The summed E-state index contributed by atoms with van der Waals surface area (Å²) in [6.45, 7) is 9.15. The molecule has 0 fully saturated rings. The van der Waals surface area contributed by atoms with Crippen LogP contribution in [0, 0.1) is 13.8 Å². The minimum atomic E-state index is -0.494. The van der Waals surface area contributed by atoms with E-state index in [1.54, 1.807) is 0 Å². The fourth-order valence-electron chi connectivity index (χ4n) is 11.7. The maximum absolute atomic E-state index is 5.43. The molecule has 0 amide bonds. The molecule has 0 aliphatic heterocycles. The second kappa shape index (κ2) is 14.2. The van der Waals surface area contributed by atoms with Crippen molar-refractivity contribution >= 4 is 32.3 Å². The van der Waals surface area contributed by atoms with Crippen molar-refractivity contribution in [2.24, 2.45) is 0 Å². The van der Waals surface area contributed by atoms with Gasteiger partial charge in [0.05, 0.1) is 5.41 Å². The zero-order valence-electron chi connectivity index (χ0n) is 37.4. The summed E-state index contributed by atoms with van der Waals surface area (Å²) in [5.74, 6) is 1.95. The molecule has 3 heteroatoms. The number of rotatable bonds is 5. The van der Waals surface area contributed by atoms with Crippen LogP contribution < -0.4 is 0 Å². The number of aryl methyl sites for hydroxylation is 2. The van der Waals surface area contributed by atoms with Gasteiger partial charge in [0.15, 0.2) is 17.5 Å². The Kier molecular flexibility index (Phi) is 8.30. The molecule has 312 valence electrons. The molecule has 1 aromatic heterocycles. The molecule has 2 aliphatic rings. The monoisotopic (exact) mass is 843 g/mol. The molecular weight excluding hydrogens is 799 g/mol. The van der Waals surface area contributed by atoms with Crippen molar-refractivity contribution in [3.8, 4) is 56.4 Å². The van der Waals surface area contributed by atoms with Gasteiger partial charge in [0, 0.05) is 22.1 Å². The molecule has 13 rings (SSSR count). The van der Waals surface area contributed by atoms with E-state index in [1.807, 2.05) is 0 Å². The molecule has 0 bridgehead atoms. The molecule has 0 unspecified atom stereocenters. The fraction of sp³-hybridized carbons (Fsp3) is 0.0952. The van der Waals surface area contributed by atoms with Gasteiger partial charge in [-0.25, -0.2) is 15.0 Å². The van der Waals surface area contributed by atoms with E-state index >= 15 is 0 Å². The number of nitrogens with zero attached hydrogens (tertiary/aromatic N) is 3. The third-order valence-electron chi connectivity index (χ3n) is 15.0. The lowest BCUT2D eigenvalue weighted by Crippen LogP contribution is -2.28. The summed E-state index contributed by atoms with van der Waals surface area (Å²) in [5.41, 5.74) is 17.4. The number of fused-ring (bicyclic) bond motifs is 11. The van der Waals surface area contributed by atoms with Crippen molar-refractivity contribution in [3.05, 3.63) is 245 Å². The summed E-state index contributed by atoms with van der Waals surface area (Å²) < 4.78 is 0. The molecule has 66 heavy (non-hydrogen) atoms. The quantitative estimate of drug-likeness (QED) is 0.162. The standard InChI is InChI=1S/C63H45N3/c1-38-39(2)51-35-41(27-31-49(51)48-24-14-13-22-46(38)48)59-64-60(66-61(65-59)43-29-32-54-53(37-43)58-47-23-12-11-17-40(47)28-34-57(58)62(54,3)4)42-30-33-56-52(36-42)50-25-15-16-26-55(50)63(56,44-18-7-5-8-19-44)45-20-9-6-10-21-45/h5-37H,1-4H3. The summed E-state index contributed by atoms with van der Waals surface area (Å²) in [4.78, 5) is 16.2. The van der Waals surface area contributed by atoms with Crippen LogP contribution >= 0.6 is 0 Å². The zero-order valence-corrected chi connectivity index (χ0v) is 37.4. The van der Waals surface area contributed by atoms with Crippen LogP contribution in [0.25, 0.3) is 88.7 Å². The highest BCUT2D eigenvalue weighted by molar-refractivity contribution is 6.11. The van der Waals surface area contributed by atoms with Crippen LogP contribution in [0.3, 0.4) is 0 Å². The van der Waals surface area contributed by atoms with E-state index in [0.717, 1.165) is 16.7 Å². The first-order valence-electron chi connectivity index (χ1n) is 23.0. The average molecular weight is 844 g/mol. The Morgan fingerprint density at radius 3 is 1.52 bits per heavy atom. The Morgan fingerprint density at radius 2 is 0.818 bits per heavy atom. The van der Waals surface area contributed by atoms with Crippen molar-refractivity contribution in [3.63, 3.8) is 0 Å². The summed E-state index contributed by atoms with van der Waals surface area (Å²) in [6, 6.07) is 73.3. The molecule has 11 aromatic rings. The van der Waals surface area contributed by atoms with E-state index in [1.165, 1.54) is 99.1 Å². The van der Waals surface area contributed by atoms with Crippen LogP contribution in [0.1, 0.15) is 58.4 Å². The van der Waals surface area contributed by atoms with Gasteiger partial charge >= 0.3 is 0 Å². The summed E-state index contributed by atoms with van der Waals surface area (Å²) >= 11 is 0. The van der Waals surface area contributed by atoms with Gasteiger partial charge in [0.1, 0.15) is 0 Å². The molecule has 0 atom stereocenters. The van der Waals surface area contributed by atoms with Crippen LogP contribution in [0.4, 0.5) is 0 Å². The summed E-state index contributed by atoms with van der Waals surface area (Å²) in [6.07, 6.45) is 0.